The zero-order valence-electron chi connectivity index (χ0n) is 19.2. The SMILES string of the molecule is CC(C)P(c1cc2ccccc2[cH-]1)C(C)C.CP(C)c1cc2ccccc2[cH-]1.[Cl][Zr+2][Cl]. The molecule has 0 heterocycles. The standard InChI is InChI=1S/C15H20P.C11H12P.2ClH.Zr/c1-11(2)16(12(3)4)15-9-13-7-5-6-8-14(13)10-15;1-12(2)11-7-9-5-3-4-6-10(9)8-11;;;/h5-12H,1-4H3;3-8H,1-2H3;2*1H;/q2*-1;;;+4/p-2. The first-order valence-corrected chi connectivity index (χ1v) is 20.6. The van der Waals surface area contributed by atoms with Gasteiger partial charge in [0, 0.05) is 0 Å². The molecule has 0 amide bonds. The van der Waals surface area contributed by atoms with Gasteiger partial charge in [-0.1, -0.05) is 47.7 Å². The second-order valence-corrected chi connectivity index (χ2v) is 17.7. The molecule has 0 aromatic heterocycles. The normalized spacial score (nSPS) is 11.0. The molecule has 4 aromatic carbocycles. The fraction of sp³-hybridized carbons (Fsp3) is 0.308. The van der Waals surface area contributed by atoms with Gasteiger partial charge in [0.2, 0.25) is 0 Å². The molecule has 0 aliphatic carbocycles. The van der Waals surface area contributed by atoms with Crippen molar-refractivity contribution in [3.8, 4) is 0 Å². The zero-order valence-corrected chi connectivity index (χ0v) is 25.0. The van der Waals surface area contributed by atoms with E-state index < -0.39 is 20.8 Å². The molecule has 0 radical (unpaired) electrons. The number of benzene rings is 2. The summed E-state index contributed by atoms with van der Waals surface area (Å²) in [5.74, 6) is 0. The van der Waals surface area contributed by atoms with Gasteiger partial charge in [0.1, 0.15) is 0 Å². The Morgan fingerprint density at radius 1 is 0.710 bits per heavy atom. The molecule has 5 heteroatoms. The van der Waals surface area contributed by atoms with Gasteiger partial charge < -0.3 is 0 Å². The van der Waals surface area contributed by atoms with Crippen molar-refractivity contribution < 1.29 is 20.8 Å². The van der Waals surface area contributed by atoms with Crippen LogP contribution in [-0.4, -0.2) is 24.6 Å². The molecular formula is C26H32Cl2P2Zr. The van der Waals surface area contributed by atoms with Crippen LogP contribution in [0.25, 0.3) is 21.5 Å². The van der Waals surface area contributed by atoms with E-state index in [1.807, 2.05) is 0 Å². The molecule has 0 unspecified atom stereocenters. The summed E-state index contributed by atoms with van der Waals surface area (Å²) in [4.78, 5) is 0. The van der Waals surface area contributed by atoms with Crippen molar-refractivity contribution in [2.75, 3.05) is 13.3 Å². The van der Waals surface area contributed by atoms with E-state index >= 15 is 0 Å². The van der Waals surface area contributed by atoms with E-state index in [0.717, 1.165) is 11.3 Å². The van der Waals surface area contributed by atoms with Gasteiger partial charge >= 0.3 is 37.9 Å². The Morgan fingerprint density at radius 2 is 1.10 bits per heavy atom. The number of halogens is 2. The average Bonchev–Trinajstić information content (AvgIpc) is 3.32. The molecule has 0 aliphatic rings. The molecule has 31 heavy (non-hydrogen) atoms. The fourth-order valence-corrected chi connectivity index (χ4v) is 7.62. The molecule has 0 saturated heterocycles. The van der Waals surface area contributed by atoms with Crippen LogP contribution in [0, 0.1) is 0 Å². The molecule has 0 spiro atoms. The van der Waals surface area contributed by atoms with E-state index in [1.165, 1.54) is 26.8 Å². The topological polar surface area (TPSA) is 0 Å². The Balaban J connectivity index is 0.000000201. The third kappa shape index (κ3) is 8.06. The van der Waals surface area contributed by atoms with Crippen LogP contribution in [-0.2, 0) is 20.8 Å². The Morgan fingerprint density at radius 3 is 1.48 bits per heavy atom. The fourth-order valence-electron chi connectivity index (χ4n) is 3.87. The van der Waals surface area contributed by atoms with Crippen LogP contribution in [0.15, 0.2) is 72.8 Å². The predicted octanol–water partition coefficient (Wildman–Crippen LogP) is 8.78. The van der Waals surface area contributed by atoms with E-state index in [0.29, 0.717) is 0 Å². The molecule has 0 fully saturated rings. The van der Waals surface area contributed by atoms with E-state index in [4.69, 9.17) is 17.0 Å². The van der Waals surface area contributed by atoms with Crippen molar-refractivity contribution >= 4 is 65.0 Å². The minimum atomic E-state index is -0.826. The molecule has 4 rings (SSSR count). The van der Waals surface area contributed by atoms with Crippen LogP contribution < -0.4 is 10.6 Å². The third-order valence-corrected chi connectivity index (χ3v) is 9.50. The molecule has 164 valence electrons. The van der Waals surface area contributed by atoms with Crippen molar-refractivity contribution in [1.29, 1.82) is 0 Å². The summed E-state index contributed by atoms with van der Waals surface area (Å²) in [6.45, 7) is 14.0. The van der Waals surface area contributed by atoms with Gasteiger partial charge in [-0.25, -0.2) is 0 Å². The minimum absolute atomic E-state index is 0.0206. The van der Waals surface area contributed by atoms with Crippen LogP contribution >= 0.6 is 32.9 Å². The number of hydrogen-bond donors (Lipinski definition) is 0. The summed E-state index contributed by atoms with van der Waals surface area (Å²) in [5.41, 5.74) is 1.54. The maximum atomic E-state index is 4.93. The van der Waals surface area contributed by atoms with Gasteiger partial charge in [0.25, 0.3) is 0 Å². The first kappa shape index (κ1) is 27.2. The Labute approximate surface area is 209 Å². The van der Waals surface area contributed by atoms with E-state index in [9.17, 15) is 0 Å². The van der Waals surface area contributed by atoms with Crippen molar-refractivity contribution in [3.63, 3.8) is 0 Å². The molecule has 0 atom stereocenters. The van der Waals surface area contributed by atoms with Crippen molar-refractivity contribution in [3.05, 3.63) is 72.8 Å². The molecule has 4 aromatic rings. The predicted molar refractivity (Wildman–Crippen MR) is 146 cm³/mol. The van der Waals surface area contributed by atoms with Crippen molar-refractivity contribution in [2.24, 2.45) is 0 Å². The van der Waals surface area contributed by atoms with Crippen LogP contribution in [0.4, 0.5) is 0 Å². The second-order valence-electron chi connectivity index (χ2n) is 8.25. The van der Waals surface area contributed by atoms with Crippen molar-refractivity contribution in [1.82, 2.24) is 0 Å². The van der Waals surface area contributed by atoms with Crippen molar-refractivity contribution in [2.45, 2.75) is 39.0 Å². The Kier molecular flexibility index (Phi) is 12.0. The molecular weight excluding hydrogens is 536 g/mol. The number of fused-ring (bicyclic) bond motifs is 2. The Hall–Kier alpha value is -0.0169. The molecule has 0 saturated carbocycles. The summed E-state index contributed by atoms with van der Waals surface area (Å²) in [6, 6.07) is 26.6. The van der Waals surface area contributed by atoms with Gasteiger partial charge in [-0.15, -0.1) is 88.6 Å². The van der Waals surface area contributed by atoms with Gasteiger partial charge in [-0.3, -0.25) is 0 Å². The van der Waals surface area contributed by atoms with Gasteiger partial charge in [0.15, 0.2) is 0 Å². The number of rotatable bonds is 4. The third-order valence-electron chi connectivity index (χ3n) is 5.13. The van der Waals surface area contributed by atoms with E-state index in [2.05, 4.69) is 114 Å². The summed E-state index contributed by atoms with van der Waals surface area (Å²) in [5, 5.41) is 8.62. The molecule has 0 bridgehead atoms. The monoisotopic (exact) mass is 566 g/mol. The first-order valence-electron chi connectivity index (χ1n) is 10.5. The molecule has 0 nitrogen and oxygen atoms in total. The first-order chi connectivity index (χ1) is 14.8. The summed E-state index contributed by atoms with van der Waals surface area (Å²) >= 11 is -0.826. The van der Waals surface area contributed by atoms with Crippen LogP contribution in [0.3, 0.4) is 0 Å². The molecule has 0 N–H and O–H groups in total. The average molecular weight is 569 g/mol. The number of hydrogen-bond acceptors (Lipinski definition) is 0. The zero-order chi connectivity index (χ0) is 23.0. The van der Waals surface area contributed by atoms with Crippen LogP contribution in [0.2, 0.25) is 0 Å². The second kappa shape index (κ2) is 13.6. The quantitative estimate of drug-likeness (QED) is 0.171. The van der Waals surface area contributed by atoms with E-state index in [1.54, 1.807) is 5.30 Å². The van der Waals surface area contributed by atoms with Gasteiger partial charge in [-0.2, -0.15) is 12.1 Å². The Bertz CT molecular complexity index is 976. The van der Waals surface area contributed by atoms with Crippen LogP contribution in [0.1, 0.15) is 27.7 Å². The van der Waals surface area contributed by atoms with Gasteiger partial charge in [-0.05, 0) is 24.6 Å². The maximum absolute atomic E-state index is 4.93. The summed E-state index contributed by atoms with van der Waals surface area (Å²) < 4.78 is 0. The summed E-state index contributed by atoms with van der Waals surface area (Å²) in [7, 11) is 9.90. The van der Waals surface area contributed by atoms with Gasteiger partial charge in [0.05, 0.1) is 0 Å². The van der Waals surface area contributed by atoms with Crippen LogP contribution in [0.5, 0.6) is 0 Å². The van der Waals surface area contributed by atoms with E-state index in [-0.39, 0.29) is 15.8 Å². The molecule has 0 aliphatic heterocycles. The summed E-state index contributed by atoms with van der Waals surface area (Å²) in [6.07, 6.45) is 0.